The van der Waals surface area contributed by atoms with Gasteiger partial charge < -0.3 is 15.5 Å². The number of hydrogen-bond acceptors (Lipinski definition) is 7. The molecule has 7 rings (SSSR count). The molecule has 2 aliphatic heterocycles. The molecule has 0 atom stereocenters. The van der Waals surface area contributed by atoms with Gasteiger partial charge in [0.2, 0.25) is 0 Å². The predicted octanol–water partition coefficient (Wildman–Crippen LogP) is 6.62. The zero-order valence-corrected chi connectivity index (χ0v) is 29.4. The van der Waals surface area contributed by atoms with E-state index in [9.17, 15) is 9.59 Å². The van der Waals surface area contributed by atoms with Crippen LogP contribution in [0.3, 0.4) is 0 Å². The van der Waals surface area contributed by atoms with Crippen molar-refractivity contribution in [2.45, 2.75) is 58.2 Å². The first-order chi connectivity index (χ1) is 24.9. The van der Waals surface area contributed by atoms with Crippen molar-refractivity contribution in [1.29, 1.82) is 0 Å². The van der Waals surface area contributed by atoms with Gasteiger partial charge >= 0.3 is 0 Å². The average molecular weight is 680 g/mol. The standard InChI is InChI=1S/C42H45N7O2/c1-29-7-10-32(23-38(29)34-5-3-17-43-26-34)41(50)46-36-13-19-48(20-14-36)28-31-9-12-40(45-25-31)49-21-15-37(16-22-49)47-42(51)33-11-8-30(2)39(24-33)35-6-4-18-44-27-35/h3-12,17-18,23-27,36-37H,13-16,19-22,28H2,1-2H3,(H,46,50)(H,47,51). The van der Waals surface area contributed by atoms with Gasteiger partial charge in [-0.1, -0.05) is 30.3 Å². The highest BCUT2D eigenvalue weighted by atomic mass is 16.2. The number of pyridine rings is 3. The number of nitrogens with one attached hydrogen (secondary N) is 2. The number of carbonyl (C=O) groups excluding carboxylic acids is 2. The number of aryl methyl sites for hydroxylation is 2. The number of anilines is 1. The van der Waals surface area contributed by atoms with Crippen molar-refractivity contribution in [3.05, 3.63) is 132 Å². The summed E-state index contributed by atoms with van der Waals surface area (Å²) >= 11 is 0. The van der Waals surface area contributed by atoms with Crippen molar-refractivity contribution in [2.75, 3.05) is 31.1 Å². The van der Waals surface area contributed by atoms with Gasteiger partial charge in [0.1, 0.15) is 5.82 Å². The van der Waals surface area contributed by atoms with Crippen molar-refractivity contribution >= 4 is 17.6 Å². The number of benzene rings is 2. The Balaban J connectivity index is 0.853. The number of amides is 2. The summed E-state index contributed by atoms with van der Waals surface area (Å²) in [7, 11) is 0. The molecule has 51 heavy (non-hydrogen) atoms. The fourth-order valence-electron chi connectivity index (χ4n) is 7.17. The fraction of sp³-hybridized carbons (Fsp3) is 0.310. The smallest absolute Gasteiger partial charge is 0.251 e. The van der Waals surface area contributed by atoms with E-state index in [4.69, 9.17) is 4.98 Å². The second-order valence-corrected chi connectivity index (χ2v) is 13.8. The van der Waals surface area contributed by atoms with Crippen LogP contribution in [0.15, 0.2) is 104 Å². The lowest BCUT2D eigenvalue weighted by molar-refractivity contribution is 0.0906. The van der Waals surface area contributed by atoms with E-state index in [1.165, 1.54) is 5.56 Å². The van der Waals surface area contributed by atoms with Crippen molar-refractivity contribution < 1.29 is 9.59 Å². The summed E-state index contributed by atoms with van der Waals surface area (Å²) in [6.45, 7) is 8.50. The number of likely N-dealkylation sites (tertiary alicyclic amines) is 1. The highest BCUT2D eigenvalue weighted by Crippen LogP contribution is 2.26. The van der Waals surface area contributed by atoms with Crippen molar-refractivity contribution in [2.24, 2.45) is 0 Å². The maximum Gasteiger partial charge on any atom is 0.251 e. The summed E-state index contributed by atoms with van der Waals surface area (Å²) < 4.78 is 0. The molecular formula is C42H45N7O2. The molecule has 2 saturated heterocycles. The maximum atomic E-state index is 13.2. The first-order valence-electron chi connectivity index (χ1n) is 18.0. The van der Waals surface area contributed by atoms with Gasteiger partial charge in [-0.3, -0.25) is 24.5 Å². The molecule has 2 amide bonds. The van der Waals surface area contributed by atoms with E-state index in [-0.39, 0.29) is 23.9 Å². The molecule has 9 nitrogen and oxygen atoms in total. The third-order valence-electron chi connectivity index (χ3n) is 10.2. The Labute approximate surface area is 300 Å². The van der Waals surface area contributed by atoms with Crippen LogP contribution in [-0.4, -0.2) is 69.9 Å². The highest BCUT2D eigenvalue weighted by molar-refractivity contribution is 5.96. The number of hydrogen-bond donors (Lipinski definition) is 2. The normalized spacial score (nSPS) is 15.8. The monoisotopic (exact) mass is 679 g/mol. The molecule has 9 heteroatoms. The van der Waals surface area contributed by atoms with E-state index in [1.807, 2.05) is 79.3 Å². The Morgan fingerprint density at radius 2 is 1.20 bits per heavy atom. The summed E-state index contributed by atoms with van der Waals surface area (Å²) in [5, 5.41) is 6.53. The second-order valence-electron chi connectivity index (χ2n) is 13.8. The summed E-state index contributed by atoms with van der Waals surface area (Å²) in [5.41, 5.74) is 8.87. The molecule has 3 aromatic heterocycles. The van der Waals surface area contributed by atoms with Crippen LogP contribution in [0.2, 0.25) is 0 Å². The summed E-state index contributed by atoms with van der Waals surface area (Å²) in [6, 6.07) is 24.2. The summed E-state index contributed by atoms with van der Waals surface area (Å²) in [6.07, 6.45) is 12.8. The topological polar surface area (TPSA) is 103 Å². The van der Waals surface area contributed by atoms with E-state index >= 15 is 0 Å². The SMILES string of the molecule is Cc1ccc(C(=O)NC2CCN(Cc3ccc(N4CCC(NC(=O)c5ccc(C)c(-c6cccnc6)c5)CC4)nc3)CC2)cc1-c1cccnc1. The lowest BCUT2D eigenvalue weighted by Gasteiger charge is -2.34. The van der Waals surface area contributed by atoms with Crippen LogP contribution in [0, 0.1) is 13.8 Å². The second kappa shape index (κ2) is 15.6. The average Bonchev–Trinajstić information content (AvgIpc) is 3.17. The molecule has 0 spiro atoms. The number of aromatic nitrogens is 3. The van der Waals surface area contributed by atoms with Crippen LogP contribution < -0.4 is 15.5 Å². The quantitative estimate of drug-likeness (QED) is 0.181. The minimum Gasteiger partial charge on any atom is -0.356 e. The minimum absolute atomic E-state index is 0.0218. The molecule has 0 bridgehead atoms. The fourth-order valence-corrected chi connectivity index (χ4v) is 7.17. The van der Waals surface area contributed by atoms with Crippen LogP contribution in [0.1, 0.15) is 63.1 Å². The summed E-state index contributed by atoms with van der Waals surface area (Å²) in [5.74, 6) is 0.924. The van der Waals surface area contributed by atoms with E-state index < -0.39 is 0 Å². The van der Waals surface area contributed by atoms with Crippen LogP contribution >= 0.6 is 0 Å². The molecule has 2 aliphatic rings. The van der Waals surface area contributed by atoms with Crippen molar-refractivity contribution in [1.82, 2.24) is 30.5 Å². The molecule has 0 unspecified atom stereocenters. The maximum absolute atomic E-state index is 13.2. The van der Waals surface area contributed by atoms with Gasteiger partial charge in [-0.05, 0) is 110 Å². The number of rotatable bonds is 9. The Bertz CT molecular complexity index is 1950. The molecule has 0 aliphatic carbocycles. The van der Waals surface area contributed by atoms with Crippen LogP contribution in [0.5, 0.6) is 0 Å². The zero-order valence-electron chi connectivity index (χ0n) is 29.4. The van der Waals surface area contributed by atoms with Gasteiger partial charge in [-0.15, -0.1) is 0 Å². The van der Waals surface area contributed by atoms with E-state index in [0.29, 0.717) is 11.1 Å². The first kappa shape index (κ1) is 34.1. The van der Waals surface area contributed by atoms with Gasteiger partial charge in [-0.25, -0.2) is 4.98 Å². The predicted molar refractivity (Wildman–Crippen MR) is 202 cm³/mol. The van der Waals surface area contributed by atoms with Gasteiger partial charge in [-0.2, -0.15) is 0 Å². The Hall–Kier alpha value is -5.41. The van der Waals surface area contributed by atoms with Gasteiger partial charge in [0.05, 0.1) is 0 Å². The van der Waals surface area contributed by atoms with Crippen molar-refractivity contribution in [3.8, 4) is 22.3 Å². The molecule has 5 heterocycles. The Morgan fingerprint density at radius 3 is 1.67 bits per heavy atom. The number of carbonyl (C=O) groups is 2. The Kier molecular flexibility index (Phi) is 10.4. The molecule has 2 N–H and O–H groups in total. The number of piperidine rings is 2. The van der Waals surface area contributed by atoms with Crippen LogP contribution in [0.25, 0.3) is 22.3 Å². The first-order valence-corrected chi connectivity index (χ1v) is 18.0. The molecule has 0 radical (unpaired) electrons. The van der Waals surface area contributed by atoms with E-state index in [1.54, 1.807) is 12.4 Å². The molecule has 260 valence electrons. The largest absolute Gasteiger partial charge is 0.356 e. The third-order valence-corrected chi connectivity index (χ3v) is 10.2. The molecule has 2 aromatic carbocycles. The number of nitrogens with zero attached hydrogens (tertiary/aromatic N) is 5. The minimum atomic E-state index is -0.0332. The molecular weight excluding hydrogens is 635 g/mol. The van der Waals surface area contributed by atoms with Crippen LogP contribution in [-0.2, 0) is 6.54 Å². The molecule has 2 fully saturated rings. The van der Waals surface area contributed by atoms with E-state index in [0.717, 1.165) is 97.6 Å². The van der Waals surface area contributed by atoms with Crippen molar-refractivity contribution in [3.63, 3.8) is 0 Å². The lowest BCUT2D eigenvalue weighted by atomic mass is 9.98. The van der Waals surface area contributed by atoms with Gasteiger partial charge in [0, 0.05) is 98.0 Å². The van der Waals surface area contributed by atoms with Crippen LogP contribution in [0.4, 0.5) is 5.82 Å². The molecule has 0 saturated carbocycles. The lowest BCUT2D eigenvalue weighted by Crippen LogP contribution is -2.45. The van der Waals surface area contributed by atoms with E-state index in [2.05, 4.69) is 56.4 Å². The third kappa shape index (κ3) is 8.32. The van der Waals surface area contributed by atoms with Gasteiger partial charge in [0.25, 0.3) is 11.8 Å². The van der Waals surface area contributed by atoms with Gasteiger partial charge in [0.15, 0.2) is 0 Å². The molecule has 5 aromatic rings. The Morgan fingerprint density at radius 1 is 0.667 bits per heavy atom. The highest BCUT2D eigenvalue weighted by Gasteiger charge is 2.24. The zero-order chi connectivity index (χ0) is 35.2. The summed E-state index contributed by atoms with van der Waals surface area (Å²) in [4.78, 5) is 44.4.